The van der Waals surface area contributed by atoms with Crippen molar-refractivity contribution in [3.63, 3.8) is 0 Å². The van der Waals surface area contributed by atoms with E-state index in [-0.39, 0.29) is 24.5 Å². The van der Waals surface area contributed by atoms with Crippen molar-refractivity contribution >= 4 is 35.9 Å². The molecule has 1 aromatic heterocycles. The van der Waals surface area contributed by atoms with Gasteiger partial charge in [0.1, 0.15) is 0 Å². The van der Waals surface area contributed by atoms with Gasteiger partial charge in [-0.15, -0.1) is 12.4 Å². The van der Waals surface area contributed by atoms with Gasteiger partial charge in [-0.25, -0.2) is 9.78 Å². The number of para-hydroxylation sites is 1. The molecular formula is C25H31ClN6O6. The van der Waals surface area contributed by atoms with Gasteiger partial charge < -0.3 is 25.5 Å². The second kappa shape index (κ2) is 13.4. The highest BCUT2D eigenvalue weighted by atomic mass is 35.5. The molecular weight excluding hydrogens is 516 g/mol. The Morgan fingerprint density at radius 2 is 1.97 bits per heavy atom. The summed E-state index contributed by atoms with van der Waals surface area (Å²) >= 11 is 0. The highest BCUT2D eigenvalue weighted by molar-refractivity contribution is 5.94. The average Bonchev–Trinajstić information content (AvgIpc) is 3.19. The van der Waals surface area contributed by atoms with Crippen LogP contribution in [0.5, 0.6) is 0 Å². The molecule has 204 valence electrons. The van der Waals surface area contributed by atoms with Gasteiger partial charge in [-0.2, -0.15) is 0 Å². The number of carboxylic acid groups (broad SMARTS) is 1. The van der Waals surface area contributed by atoms with Gasteiger partial charge in [0.15, 0.2) is 0 Å². The van der Waals surface area contributed by atoms with Gasteiger partial charge >= 0.3 is 11.9 Å². The van der Waals surface area contributed by atoms with Crippen LogP contribution in [0.1, 0.15) is 50.3 Å². The van der Waals surface area contributed by atoms with Crippen molar-refractivity contribution in [3.05, 3.63) is 80.8 Å². The first-order chi connectivity index (χ1) is 17.7. The number of nitrogens with two attached hydrogens (primary N) is 1. The molecule has 0 amide bonds. The largest absolute Gasteiger partial charge is 0.481 e. The molecule has 12 nitrogen and oxygen atoms in total. The van der Waals surface area contributed by atoms with E-state index in [4.69, 9.17) is 15.6 Å². The fraction of sp³-hybridized carbons (Fsp3) is 0.360. The number of nitro benzene ring substituents is 1. The van der Waals surface area contributed by atoms with E-state index in [1.165, 1.54) is 13.2 Å². The van der Waals surface area contributed by atoms with Gasteiger partial charge in [0.05, 0.1) is 47.8 Å². The third-order valence-corrected chi connectivity index (χ3v) is 6.10. The molecule has 0 aliphatic carbocycles. The molecule has 4 N–H and O–H groups in total. The zero-order valence-electron chi connectivity index (χ0n) is 21.3. The highest BCUT2D eigenvalue weighted by Gasteiger charge is 2.51. The SMILES string of the molecule is COC(=O)C1=C(C)N2C(C)=C2C1c1ccccc1[N+](=O)[O-].Cl.NC(CCC(=O)O)=NCCCc1cnc[nH]1. The molecule has 0 saturated carbocycles. The minimum Gasteiger partial charge on any atom is -0.481 e. The quantitative estimate of drug-likeness (QED) is 0.100. The van der Waals surface area contributed by atoms with E-state index in [0.717, 1.165) is 35.6 Å². The Kier molecular flexibility index (Phi) is 10.6. The second-order valence-electron chi connectivity index (χ2n) is 8.49. The number of nitrogens with one attached hydrogen (secondary N) is 1. The number of rotatable bonds is 10. The Bertz CT molecular complexity index is 1270. The van der Waals surface area contributed by atoms with Crippen molar-refractivity contribution in [2.45, 2.75) is 45.4 Å². The first-order valence-corrected chi connectivity index (χ1v) is 11.7. The lowest BCUT2D eigenvalue weighted by molar-refractivity contribution is -0.385. The maximum atomic E-state index is 12.1. The topological polar surface area (TPSA) is 177 Å². The minimum atomic E-state index is -0.851. The molecule has 0 saturated heterocycles. The van der Waals surface area contributed by atoms with Crippen LogP contribution in [0.25, 0.3) is 0 Å². The van der Waals surface area contributed by atoms with Crippen molar-refractivity contribution < 1.29 is 24.4 Å². The van der Waals surface area contributed by atoms with Crippen LogP contribution in [-0.2, 0) is 20.7 Å². The Balaban J connectivity index is 0.000000270. The molecule has 4 rings (SSSR count). The molecule has 3 heterocycles. The zero-order chi connectivity index (χ0) is 27.1. The molecule has 1 aromatic carbocycles. The normalized spacial score (nSPS) is 15.8. The predicted molar refractivity (Wildman–Crippen MR) is 143 cm³/mol. The first kappa shape index (κ1) is 30.0. The molecule has 1 unspecified atom stereocenters. The van der Waals surface area contributed by atoms with Crippen LogP contribution >= 0.6 is 12.4 Å². The minimum absolute atomic E-state index is 0. The van der Waals surface area contributed by atoms with Crippen LogP contribution in [0.2, 0.25) is 0 Å². The van der Waals surface area contributed by atoms with Gasteiger partial charge in [0.25, 0.3) is 5.69 Å². The number of benzene rings is 1. The van der Waals surface area contributed by atoms with Crippen LogP contribution in [0.3, 0.4) is 0 Å². The summed E-state index contributed by atoms with van der Waals surface area (Å²) in [6, 6.07) is 6.52. The van der Waals surface area contributed by atoms with E-state index in [1.807, 2.05) is 18.7 Å². The number of aromatic amines is 1. The number of allylic oxidation sites excluding steroid dienone is 3. The number of aliphatic carboxylic acids is 1. The Labute approximate surface area is 225 Å². The molecule has 2 aliphatic heterocycles. The summed E-state index contributed by atoms with van der Waals surface area (Å²) in [5, 5.41) is 19.7. The summed E-state index contributed by atoms with van der Waals surface area (Å²) in [6.45, 7) is 4.39. The van der Waals surface area contributed by atoms with Gasteiger partial charge in [-0.1, -0.05) is 18.2 Å². The van der Waals surface area contributed by atoms with Crippen molar-refractivity contribution in [1.82, 2.24) is 14.9 Å². The number of hydrogen-bond acceptors (Lipinski definition) is 8. The van der Waals surface area contributed by atoms with Crippen LogP contribution in [-0.4, -0.2) is 56.3 Å². The maximum absolute atomic E-state index is 12.1. The summed E-state index contributed by atoms with van der Waals surface area (Å²) in [5.41, 5.74) is 10.4. The summed E-state index contributed by atoms with van der Waals surface area (Å²) in [5.74, 6) is -1.30. The summed E-state index contributed by atoms with van der Waals surface area (Å²) < 4.78 is 4.84. The van der Waals surface area contributed by atoms with Gasteiger partial charge in [0.2, 0.25) is 0 Å². The summed E-state index contributed by atoms with van der Waals surface area (Å²) in [6.07, 6.45) is 5.51. The molecule has 0 radical (unpaired) electrons. The zero-order valence-corrected chi connectivity index (χ0v) is 22.2. The van der Waals surface area contributed by atoms with Crippen molar-refractivity contribution in [1.29, 1.82) is 0 Å². The number of esters is 1. The molecule has 0 fully saturated rings. The van der Waals surface area contributed by atoms with E-state index in [1.54, 1.807) is 30.7 Å². The number of fused-ring (bicyclic) bond motifs is 1. The number of aliphatic imine (C=N–C) groups is 1. The van der Waals surface area contributed by atoms with Gasteiger partial charge in [-0.3, -0.25) is 19.9 Å². The molecule has 38 heavy (non-hydrogen) atoms. The molecule has 0 spiro atoms. The van der Waals surface area contributed by atoms with E-state index in [0.29, 0.717) is 29.9 Å². The fourth-order valence-electron chi connectivity index (χ4n) is 4.31. The molecule has 2 aromatic rings. The highest BCUT2D eigenvalue weighted by Crippen LogP contribution is 2.57. The number of carbonyl (C=O) groups is 2. The lowest BCUT2D eigenvalue weighted by Crippen LogP contribution is -2.14. The van der Waals surface area contributed by atoms with Gasteiger partial charge in [-0.05, 0) is 26.7 Å². The fourth-order valence-corrected chi connectivity index (χ4v) is 4.31. The van der Waals surface area contributed by atoms with Crippen LogP contribution < -0.4 is 5.73 Å². The number of nitrogens with zero attached hydrogens (tertiary/aromatic N) is 4. The van der Waals surface area contributed by atoms with Crippen LogP contribution in [0.15, 0.2) is 64.4 Å². The number of aryl methyl sites for hydroxylation is 1. The monoisotopic (exact) mass is 546 g/mol. The summed E-state index contributed by atoms with van der Waals surface area (Å²) in [7, 11) is 1.32. The number of H-pyrrole nitrogens is 1. The number of hydrogen-bond donors (Lipinski definition) is 3. The predicted octanol–water partition coefficient (Wildman–Crippen LogP) is 3.67. The van der Waals surface area contributed by atoms with Crippen LogP contribution in [0, 0.1) is 10.1 Å². The molecule has 2 aliphatic rings. The van der Waals surface area contributed by atoms with Crippen molar-refractivity contribution in [3.8, 4) is 0 Å². The number of halogens is 1. The number of methoxy groups -OCH3 is 1. The lowest BCUT2D eigenvalue weighted by Gasteiger charge is -2.13. The molecule has 0 bridgehead atoms. The maximum Gasteiger partial charge on any atom is 0.336 e. The average molecular weight is 547 g/mol. The van der Waals surface area contributed by atoms with E-state index >= 15 is 0 Å². The van der Waals surface area contributed by atoms with Gasteiger partial charge in [0, 0.05) is 47.9 Å². The lowest BCUT2D eigenvalue weighted by atomic mass is 9.89. The van der Waals surface area contributed by atoms with E-state index < -0.39 is 22.8 Å². The standard InChI is InChI=1S/C15H14N2O4.C10H16N4O2.ClH/c1-8-12(15(18)21-3)13(14-9(2)16(8)14)10-6-4-5-7-11(10)17(19)20;11-9(3-4-10(15)16)13-5-1-2-8-6-12-7-14-8;/h4-7,13H,1-3H3;6-7H,1-5H2,(H2,11,13)(H,12,14)(H,15,16);1H. The smallest absolute Gasteiger partial charge is 0.336 e. The number of amidine groups is 1. The third kappa shape index (κ3) is 6.97. The van der Waals surface area contributed by atoms with Crippen molar-refractivity contribution in [2.24, 2.45) is 10.7 Å². The number of ether oxygens (including phenoxy) is 1. The van der Waals surface area contributed by atoms with E-state index in [2.05, 4.69) is 15.0 Å². The molecule has 1 atom stereocenters. The second-order valence-corrected chi connectivity index (χ2v) is 8.49. The third-order valence-electron chi connectivity index (χ3n) is 6.10. The Morgan fingerprint density at radius 1 is 1.26 bits per heavy atom. The Morgan fingerprint density at radius 3 is 2.58 bits per heavy atom. The van der Waals surface area contributed by atoms with Crippen LogP contribution in [0.4, 0.5) is 5.69 Å². The Hall–Kier alpha value is -4.19. The first-order valence-electron chi connectivity index (χ1n) is 11.7. The number of carboxylic acids is 1. The number of imidazole rings is 1. The number of carbonyl (C=O) groups excluding carboxylic acids is 1. The summed E-state index contributed by atoms with van der Waals surface area (Å²) in [4.78, 5) is 46.1. The van der Waals surface area contributed by atoms with E-state index in [9.17, 15) is 19.7 Å². The number of nitro groups is 1. The number of aromatic nitrogens is 2. The van der Waals surface area contributed by atoms with Crippen molar-refractivity contribution in [2.75, 3.05) is 13.7 Å². The molecule has 13 heteroatoms.